The van der Waals surface area contributed by atoms with E-state index in [1.807, 2.05) is 90.5 Å². The van der Waals surface area contributed by atoms with Gasteiger partial charge in [0.05, 0.1) is 11.0 Å². The van der Waals surface area contributed by atoms with Crippen molar-refractivity contribution in [2.24, 2.45) is 0 Å². The van der Waals surface area contributed by atoms with Crippen LogP contribution in [0.4, 0.5) is 5.69 Å². The average molecular weight is 385 g/mol. The summed E-state index contributed by atoms with van der Waals surface area (Å²) in [6.07, 6.45) is 0. The van der Waals surface area contributed by atoms with Gasteiger partial charge in [-0.15, -0.1) is 0 Å². The topological polar surface area (TPSA) is 54.3 Å². The largest absolute Gasteiger partial charge is 0.373 e. The van der Waals surface area contributed by atoms with Crippen molar-refractivity contribution in [3.8, 4) is 0 Å². The van der Waals surface area contributed by atoms with Gasteiger partial charge in [0, 0.05) is 36.6 Å². The number of benzene rings is 3. The van der Waals surface area contributed by atoms with Crippen molar-refractivity contribution in [2.45, 2.75) is 6.54 Å². The first-order valence-corrected chi connectivity index (χ1v) is 9.68. The molecule has 1 heterocycles. The minimum absolute atomic E-state index is 0.00246. The normalized spacial score (nSPS) is 10.9. The minimum Gasteiger partial charge on any atom is -0.373 e. The molecule has 4 aromatic rings. The second-order valence-electron chi connectivity index (χ2n) is 7.06. The summed E-state index contributed by atoms with van der Waals surface area (Å²) in [4.78, 5) is 27.6. The number of fused-ring (bicyclic) bond motifs is 2. The maximum atomic E-state index is 12.8. The molecule has 1 N–H and O–H groups in total. The molecule has 0 fully saturated rings. The van der Waals surface area contributed by atoms with E-state index in [2.05, 4.69) is 10.2 Å². The number of nitrogens with one attached hydrogen (secondary N) is 1. The van der Waals surface area contributed by atoms with Crippen molar-refractivity contribution in [3.05, 3.63) is 89.1 Å². The van der Waals surface area contributed by atoms with Crippen LogP contribution in [-0.4, -0.2) is 30.6 Å². The molecule has 5 heteroatoms. The average Bonchev–Trinajstić information content (AvgIpc) is 2.77. The SMILES string of the molecule is CN(CCNC(=O)Cn1c2ccccc2c(=O)c2ccccc21)c1ccccc1. The molecule has 1 aromatic heterocycles. The molecule has 0 spiro atoms. The van der Waals surface area contributed by atoms with Crippen molar-refractivity contribution in [2.75, 3.05) is 25.0 Å². The lowest BCUT2D eigenvalue weighted by molar-refractivity contribution is -0.121. The van der Waals surface area contributed by atoms with E-state index < -0.39 is 0 Å². The maximum Gasteiger partial charge on any atom is 0.240 e. The fraction of sp³-hybridized carbons (Fsp3) is 0.167. The Balaban J connectivity index is 1.53. The first-order valence-electron chi connectivity index (χ1n) is 9.68. The Morgan fingerprint density at radius 3 is 2.03 bits per heavy atom. The number of rotatable bonds is 6. The van der Waals surface area contributed by atoms with E-state index >= 15 is 0 Å². The van der Waals surface area contributed by atoms with Gasteiger partial charge in [0.1, 0.15) is 6.54 Å². The van der Waals surface area contributed by atoms with Gasteiger partial charge in [0.15, 0.2) is 5.43 Å². The van der Waals surface area contributed by atoms with Gasteiger partial charge in [0.2, 0.25) is 5.91 Å². The van der Waals surface area contributed by atoms with Crippen LogP contribution in [0.3, 0.4) is 0 Å². The van der Waals surface area contributed by atoms with Gasteiger partial charge < -0.3 is 14.8 Å². The number of pyridine rings is 1. The molecule has 0 unspecified atom stereocenters. The first-order chi connectivity index (χ1) is 14.1. The van der Waals surface area contributed by atoms with Crippen LogP contribution in [-0.2, 0) is 11.3 Å². The summed E-state index contributed by atoms with van der Waals surface area (Å²) in [5.74, 6) is -0.0783. The van der Waals surface area contributed by atoms with Gasteiger partial charge in [-0.3, -0.25) is 9.59 Å². The Bertz CT molecular complexity index is 1160. The summed E-state index contributed by atoms with van der Waals surface area (Å²) >= 11 is 0. The van der Waals surface area contributed by atoms with Crippen LogP contribution in [0.2, 0.25) is 0 Å². The van der Waals surface area contributed by atoms with Crippen LogP contribution < -0.4 is 15.6 Å². The molecule has 0 saturated carbocycles. The highest BCUT2D eigenvalue weighted by molar-refractivity contribution is 5.94. The number of likely N-dealkylation sites (N-methyl/N-ethyl adjacent to an activating group) is 1. The molecule has 0 bridgehead atoms. The smallest absolute Gasteiger partial charge is 0.240 e. The number of amides is 1. The monoisotopic (exact) mass is 385 g/mol. The molecule has 0 radical (unpaired) electrons. The zero-order valence-electron chi connectivity index (χ0n) is 16.3. The lowest BCUT2D eigenvalue weighted by atomic mass is 10.1. The minimum atomic E-state index is -0.0783. The van der Waals surface area contributed by atoms with Crippen LogP contribution in [0.25, 0.3) is 21.8 Å². The van der Waals surface area contributed by atoms with Crippen molar-refractivity contribution in [3.63, 3.8) is 0 Å². The first kappa shape index (κ1) is 18.7. The predicted octanol–water partition coefficient (Wildman–Crippen LogP) is 3.41. The molecule has 5 nitrogen and oxygen atoms in total. The van der Waals surface area contributed by atoms with Crippen molar-refractivity contribution < 1.29 is 4.79 Å². The Kier molecular flexibility index (Phi) is 5.29. The second kappa shape index (κ2) is 8.19. The summed E-state index contributed by atoms with van der Waals surface area (Å²) < 4.78 is 1.92. The molecule has 0 atom stereocenters. The van der Waals surface area contributed by atoms with Gasteiger partial charge in [-0.25, -0.2) is 0 Å². The molecular formula is C24H23N3O2. The van der Waals surface area contributed by atoms with E-state index in [0.717, 1.165) is 16.7 Å². The molecule has 146 valence electrons. The summed E-state index contributed by atoms with van der Waals surface area (Å²) in [5.41, 5.74) is 2.65. The highest BCUT2D eigenvalue weighted by Gasteiger charge is 2.12. The highest BCUT2D eigenvalue weighted by atomic mass is 16.2. The number of carbonyl (C=O) groups excluding carboxylic acids is 1. The number of anilines is 1. The van der Waals surface area contributed by atoms with Gasteiger partial charge >= 0.3 is 0 Å². The number of hydrogen-bond acceptors (Lipinski definition) is 3. The van der Waals surface area contributed by atoms with Gasteiger partial charge in [-0.1, -0.05) is 42.5 Å². The molecule has 4 rings (SSSR count). The maximum absolute atomic E-state index is 12.8. The van der Waals surface area contributed by atoms with E-state index in [1.54, 1.807) is 0 Å². The zero-order valence-corrected chi connectivity index (χ0v) is 16.3. The molecule has 1 amide bonds. The van der Waals surface area contributed by atoms with Crippen LogP contribution in [0.15, 0.2) is 83.7 Å². The second-order valence-corrected chi connectivity index (χ2v) is 7.06. The summed E-state index contributed by atoms with van der Waals surface area (Å²) in [6, 6.07) is 24.9. The summed E-state index contributed by atoms with van der Waals surface area (Å²) in [7, 11) is 2.00. The van der Waals surface area contributed by atoms with E-state index in [9.17, 15) is 9.59 Å². The third-order valence-electron chi connectivity index (χ3n) is 5.15. The van der Waals surface area contributed by atoms with Crippen LogP contribution in [0.5, 0.6) is 0 Å². The summed E-state index contributed by atoms with van der Waals surface area (Å²) in [6.45, 7) is 1.41. The fourth-order valence-electron chi connectivity index (χ4n) is 3.62. The Labute approximate surface area is 169 Å². The van der Waals surface area contributed by atoms with Crippen LogP contribution in [0, 0.1) is 0 Å². The van der Waals surface area contributed by atoms with Crippen LogP contribution >= 0.6 is 0 Å². The van der Waals surface area contributed by atoms with Gasteiger partial charge in [-0.05, 0) is 36.4 Å². The lowest BCUT2D eigenvalue weighted by Gasteiger charge is -2.20. The molecule has 0 aliphatic rings. The highest BCUT2D eigenvalue weighted by Crippen LogP contribution is 2.19. The quantitative estimate of drug-likeness (QED) is 0.518. The Morgan fingerprint density at radius 1 is 0.862 bits per heavy atom. The lowest BCUT2D eigenvalue weighted by Crippen LogP contribution is -2.35. The molecule has 0 aliphatic carbocycles. The standard InChI is InChI=1S/C24H23N3O2/c1-26(18-9-3-2-4-10-18)16-15-25-23(28)17-27-21-13-7-5-11-19(21)24(29)20-12-6-8-14-22(20)27/h2-14H,15-17H2,1H3,(H,25,28). The van der Waals surface area contributed by atoms with E-state index in [0.29, 0.717) is 23.9 Å². The Morgan fingerprint density at radius 2 is 1.41 bits per heavy atom. The molecule has 0 saturated heterocycles. The van der Waals surface area contributed by atoms with Crippen molar-refractivity contribution in [1.29, 1.82) is 0 Å². The molecule has 29 heavy (non-hydrogen) atoms. The third kappa shape index (κ3) is 3.85. The summed E-state index contributed by atoms with van der Waals surface area (Å²) in [5, 5.41) is 4.25. The van der Waals surface area contributed by atoms with Crippen LogP contribution in [0.1, 0.15) is 0 Å². The number of para-hydroxylation sites is 3. The number of hydrogen-bond donors (Lipinski definition) is 1. The van der Waals surface area contributed by atoms with E-state index in [4.69, 9.17) is 0 Å². The number of nitrogens with zero attached hydrogens (tertiary/aromatic N) is 2. The number of aromatic nitrogens is 1. The predicted molar refractivity (Wildman–Crippen MR) is 118 cm³/mol. The van der Waals surface area contributed by atoms with Crippen molar-refractivity contribution >= 4 is 33.4 Å². The van der Waals surface area contributed by atoms with Gasteiger partial charge in [-0.2, -0.15) is 0 Å². The van der Waals surface area contributed by atoms with Crippen molar-refractivity contribution in [1.82, 2.24) is 9.88 Å². The van der Waals surface area contributed by atoms with E-state index in [-0.39, 0.29) is 17.9 Å². The molecule has 3 aromatic carbocycles. The molecule has 0 aliphatic heterocycles. The van der Waals surface area contributed by atoms with E-state index in [1.165, 1.54) is 0 Å². The van der Waals surface area contributed by atoms with Gasteiger partial charge in [0.25, 0.3) is 0 Å². The zero-order chi connectivity index (χ0) is 20.2. The number of carbonyl (C=O) groups is 1. The Hall–Kier alpha value is -3.60. The third-order valence-corrected chi connectivity index (χ3v) is 5.15. The molecular weight excluding hydrogens is 362 g/mol. The fourth-order valence-corrected chi connectivity index (χ4v) is 3.62.